The lowest BCUT2D eigenvalue weighted by molar-refractivity contribution is 0.385. The Balaban J connectivity index is 1.73. The molecule has 5 heteroatoms. The molecule has 0 amide bonds. The molecule has 4 nitrogen and oxygen atoms in total. The molecule has 0 saturated carbocycles. The first-order chi connectivity index (χ1) is 11.4. The molecule has 0 atom stereocenters. The van der Waals surface area contributed by atoms with Crippen molar-refractivity contribution < 1.29 is 8.42 Å². The average molecular weight is 344 g/mol. The maximum Gasteiger partial charge on any atom is 0.243 e. The van der Waals surface area contributed by atoms with E-state index in [9.17, 15) is 8.42 Å². The summed E-state index contributed by atoms with van der Waals surface area (Å²) in [6, 6.07) is 13.6. The largest absolute Gasteiger partial charge is 0.369 e. The molecular weight excluding hydrogens is 320 g/mol. The maximum absolute atomic E-state index is 12.8. The van der Waals surface area contributed by atoms with Crippen LogP contribution in [0.25, 0.3) is 0 Å². The Labute approximate surface area is 144 Å². The minimum absolute atomic E-state index is 0.391. The third-order valence-corrected chi connectivity index (χ3v) is 6.62. The number of anilines is 1. The maximum atomic E-state index is 12.8. The number of aryl methyl sites for hydroxylation is 3. The number of hydrogen-bond donors (Lipinski definition) is 0. The SMILES string of the molecule is Cc1cccc(S(=O)(=O)N2CCN(c3ccc(C)c(C)c3)CC2)c1. The lowest BCUT2D eigenvalue weighted by atomic mass is 10.1. The second-order valence-electron chi connectivity index (χ2n) is 6.48. The predicted octanol–water partition coefficient (Wildman–Crippen LogP) is 3.12. The van der Waals surface area contributed by atoms with E-state index >= 15 is 0 Å². The molecule has 1 aliphatic heterocycles. The lowest BCUT2D eigenvalue weighted by Crippen LogP contribution is -2.48. The molecule has 0 N–H and O–H groups in total. The summed E-state index contributed by atoms with van der Waals surface area (Å²) in [5.74, 6) is 0. The molecule has 1 fully saturated rings. The highest BCUT2D eigenvalue weighted by molar-refractivity contribution is 7.89. The van der Waals surface area contributed by atoms with Crippen LogP contribution < -0.4 is 4.90 Å². The van der Waals surface area contributed by atoms with E-state index in [-0.39, 0.29) is 0 Å². The van der Waals surface area contributed by atoms with E-state index in [0.29, 0.717) is 31.1 Å². The van der Waals surface area contributed by atoms with Crippen molar-refractivity contribution in [2.75, 3.05) is 31.1 Å². The molecule has 0 aromatic heterocycles. The summed E-state index contributed by atoms with van der Waals surface area (Å²) in [5, 5.41) is 0. The Morgan fingerprint density at radius 3 is 2.17 bits per heavy atom. The first kappa shape index (κ1) is 17.0. The van der Waals surface area contributed by atoms with Gasteiger partial charge in [0.05, 0.1) is 4.90 Å². The highest BCUT2D eigenvalue weighted by Gasteiger charge is 2.28. The van der Waals surface area contributed by atoms with E-state index in [2.05, 4.69) is 36.9 Å². The second-order valence-corrected chi connectivity index (χ2v) is 8.41. The van der Waals surface area contributed by atoms with E-state index < -0.39 is 10.0 Å². The van der Waals surface area contributed by atoms with Gasteiger partial charge in [-0.05, 0) is 61.7 Å². The summed E-state index contributed by atoms with van der Waals surface area (Å²) in [6.45, 7) is 8.59. The number of benzene rings is 2. The van der Waals surface area contributed by atoms with Crippen LogP contribution in [-0.4, -0.2) is 38.9 Å². The highest BCUT2D eigenvalue weighted by Crippen LogP contribution is 2.23. The van der Waals surface area contributed by atoms with Crippen molar-refractivity contribution in [2.45, 2.75) is 25.7 Å². The molecular formula is C19H24N2O2S. The monoisotopic (exact) mass is 344 g/mol. The Hall–Kier alpha value is -1.85. The van der Waals surface area contributed by atoms with Gasteiger partial charge in [-0.15, -0.1) is 0 Å². The summed E-state index contributed by atoms with van der Waals surface area (Å²) >= 11 is 0. The van der Waals surface area contributed by atoms with Crippen molar-refractivity contribution >= 4 is 15.7 Å². The molecule has 0 spiro atoms. The van der Waals surface area contributed by atoms with E-state index in [1.54, 1.807) is 22.5 Å². The second kappa shape index (κ2) is 6.57. The Bertz CT molecular complexity index is 838. The van der Waals surface area contributed by atoms with Gasteiger partial charge in [0.15, 0.2) is 0 Å². The van der Waals surface area contributed by atoms with Gasteiger partial charge in [0.1, 0.15) is 0 Å². The lowest BCUT2D eigenvalue weighted by Gasteiger charge is -2.35. The topological polar surface area (TPSA) is 40.6 Å². The van der Waals surface area contributed by atoms with Gasteiger partial charge < -0.3 is 4.90 Å². The van der Waals surface area contributed by atoms with Gasteiger partial charge in [-0.25, -0.2) is 8.42 Å². The quantitative estimate of drug-likeness (QED) is 0.859. The van der Waals surface area contributed by atoms with Crippen molar-refractivity contribution in [1.29, 1.82) is 0 Å². The van der Waals surface area contributed by atoms with Crippen molar-refractivity contribution in [2.24, 2.45) is 0 Å². The number of rotatable bonds is 3. The number of nitrogens with zero attached hydrogens (tertiary/aromatic N) is 2. The van der Waals surface area contributed by atoms with Crippen LogP contribution >= 0.6 is 0 Å². The molecule has 0 unspecified atom stereocenters. The fraction of sp³-hybridized carbons (Fsp3) is 0.368. The summed E-state index contributed by atoms with van der Waals surface area (Å²) in [4.78, 5) is 2.65. The van der Waals surface area contributed by atoms with Crippen LogP contribution in [0.5, 0.6) is 0 Å². The first-order valence-corrected chi connectivity index (χ1v) is 9.71. The van der Waals surface area contributed by atoms with Crippen molar-refractivity contribution in [3.63, 3.8) is 0 Å². The number of piperazine rings is 1. The molecule has 0 bridgehead atoms. The zero-order valence-corrected chi connectivity index (χ0v) is 15.3. The van der Waals surface area contributed by atoms with Crippen LogP contribution in [0.1, 0.15) is 16.7 Å². The van der Waals surface area contributed by atoms with Crippen molar-refractivity contribution in [3.8, 4) is 0 Å². The molecule has 3 rings (SSSR count). The van der Waals surface area contributed by atoms with Crippen LogP contribution in [-0.2, 0) is 10.0 Å². The summed E-state index contributed by atoms with van der Waals surface area (Å²) < 4.78 is 27.2. The van der Waals surface area contributed by atoms with Gasteiger partial charge >= 0.3 is 0 Å². The molecule has 0 aliphatic carbocycles. The minimum Gasteiger partial charge on any atom is -0.369 e. The van der Waals surface area contributed by atoms with Gasteiger partial charge in [0.25, 0.3) is 0 Å². The molecule has 1 saturated heterocycles. The average Bonchev–Trinajstić information content (AvgIpc) is 2.57. The van der Waals surface area contributed by atoms with Crippen LogP contribution in [0.4, 0.5) is 5.69 Å². The standard InChI is InChI=1S/C19H24N2O2S/c1-15-5-4-6-19(13-15)24(22,23)21-11-9-20(10-12-21)18-8-7-16(2)17(3)14-18/h4-8,13-14H,9-12H2,1-3H3. The third kappa shape index (κ3) is 3.32. The smallest absolute Gasteiger partial charge is 0.243 e. The molecule has 2 aromatic rings. The van der Waals surface area contributed by atoms with Crippen LogP contribution in [0.3, 0.4) is 0 Å². The van der Waals surface area contributed by atoms with Crippen molar-refractivity contribution in [1.82, 2.24) is 4.31 Å². The molecule has 0 radical (unpaired) electrons. The highest BCUT2D eigenvalue weighted by atomic mass is 32.2. The minimum atomic E-state index is -3.40. The Morgan fingerprint density at radius 2 is 1.54 bits per heavy atom. The summed E-state index contributed by atoms with van der Waals surface area (Å²) in [5.41, 5.74) is 4.68. The van der Waals surface area contributed by atoms with Gasteiger partial charge in [-0.2, -0.15) is 4.31 Å². The van der Waals surface area contributed by atoms with Gasteiger partial charge in [-0.1, -0.05) is 18.2 Å². The van der Waals surface area contributed by atoms with E-state index in [4.69, 9.17) is 0 Å². The van der Waals surface area contributed by atoms with Gasteiger partial charge in [-0.3, -0.25) is 0 Å². The van der Waals surface area contributed by atoms with Gasteiger partial charge in [0, 0.05) is 31.9 Å². The van der Waals surface area contributed by atoms with Crippen LogP contribution in [0, 0.1) is 20.8 Å². The molecule has 24 heavy (non-hydrogen) atoms. The van der Waals surface area contributed by atoms with E-state index in [1.807, 2.05) is 13.0 Å². The van der Waals surface area contributed by atoms with Gasteiger partial charge in [0.2, 0.25) is 10.0 Å². The fourth-order valence-corrected chi connectivity index (χ4v) is 4.56. The Kier molecular flexibility index (Phi) is 4.65. The number of sulfonamides is 1. The summed E-state index contributed by atoms with van der Waals surface area (Å²) in [6.07, 6.45) is 0. The van der Waals surface area contributed by atoms with E-state index in [0.717, 1.165) is 5.56 Å². The molecule has 1 aliphatic rings. The van der Waals surface area contributed by atoms with Crippen molar-refractivity contribution in [3.05, 3.63) is 59.2 Å². The van der Waals surface area contributed by atoms with E-state index in [1.165, 1.54) is 16.8 Å². The summed E-state index contributed by atoms with van der Waals surface area (Å²) in [7, 11) is -3.40. The first-order valence-electron chi connectivity index (χ1n) is 8.27. The number of hydrogen-bond acceptors (Lipinski definition) is 3. The third-order valence-electron chi connectivity index (χ3n) is 4.72. The fourth-order valence-electron chi connectivity index (χ4n) is 3.03. The van der Waals surface area contributed by atoms with Crippen LogP contribution in [0.15, 0.2) is 47.4 Å². The normalized spacial score (nSPS) is 16.4. The molecule has 128 valence electrons. The zero-order chi connectivity index (χ0) is 17.3. The Morgan fingerprint density at radius 1 is 0.833 bits per heavy atom. The predicted molar refractivity (Wildman–Crippen MR) is 98.1 cm³/mol. The zero-order valence-electron chi connectivity index (χ0n) is 14.5. The molecule has 2 aromatic carbocycles. The van der Waals surface area contributed by atoms with Crippen LogP contribution in [0.2, 0.25) is 0 Å². The molecule has 1 heterocycles.